The second-order valence-corrected chi connectivity index (χ2v) is 8.04. The van der Waals surface area contributed by atoms with E-state index in [2.05, 4.69) is 25.3 Å². The van der Waals surface area contributed by atoms with Crippen LogP contribution in [0, 0.1) is 5.82 Å². The number of ether oxygens (including phenoxy) is 1. The monoisotopic (exact) mass is 454 g/mol. The van der Waals surface area contributed by atoms with Crippen molar-refractivity contribution < 1.29 is 22.3 Å². The molecule has 0 saturated heterocycles. The van der Waals surface area contributed by atoms with E-state index in [-0.39, 0.29) is 28.2 Å². The molecule has 164 valence electrons. The summed E-state index contributed by atoms with van der Waals surface area (Å²) < 4.78 is 56.0. The standard InChI is InChI=1S/C21H19ClF4N4O/c1-20(2,3)30-19-27-16(12-6-4-7-13(10-12)31-21(24,25)26)11-17(29-19)28-18-14(22)8-5-9-15(18)23/h4-11H,1-3H3,(H2,27,28,29,30). The Morgan fingerprint density at radius 2 is 1.68 bits per heavy atom. The summed E-state index contributed by atoms with van der Waals surface area (Å²) in [5, 5.41) is 6.06. The van der Waals surface area contributed by atoms with Crippen LogP contribution < -0.4 is 15.4 Å². The molecule has 2 N–H and O–H groups in total. The van der Waals surface area contributed by atoms with Gasteiger partial charge in [-0.1, -0.05) is 29.8 Å². The third kappa shape index (κ3) is 6.45. The fourth-order valence-corrected chi connectivity index (χ4v) is 2.86. The lowest BCUT2D eigenvalue weighted by molar-refractivity contribution is -0.274. The van der Waals surface area contributed by atoms with Crippen molar-refractivity contribution in [1.29, 1.82) is 0 Å². The van der Waals surface area contributed by atoms with Crippen molar-refractivity contribution in [3.05, 3.63) is 59.4 Å². The van der Waals surface area contributed by atoms with E-state index in [1.807, 2.05) is 20.8 Å². The van der Waals surface area contributed by atoms with E-state index in [1.54, 1.807) is 6.07 Å². The van der Waals surface area contributed by atoms with Gasteiger partial charge in [-0.2, -0.15) is 4.98 Å². The van der Waals surface area contributed by atoms with Gasteiger partial charge in [0.2, 0.25) is 5.95 Å². The quantitative estimate of drug-likeness (QED) is 0.416. The first-order valence-corrected chi connectivity index (χ1v) is 9.52. The van der Waals surface area contributed by atoms with Crippen molar-refractivity contribution in [1.82, 2.24) is 9.97 Å². The zero-order valence-electron chi connectivity index (χ0n) is 16.8. The Balaban J connectivity index is 2.05. The van der Waals surface area contributed by atoms with Crippen LogP contribution in [0.25, 0.3) is 11.3 Å². The van der Waals surface area contributed by atoms with Crippen molar-refractivity contribution >= 4 is 29.1 Å². The summed E-state index contributed by atoms with van der Waals surface area (Å²) in [5.41, 5.74) is 0.255. The van der Waals surface area contributed by atoms with Gasteiger partial charge in [0.05, 0.1) is 16.4 Å². The van der Waals surface area contributed by atoms with E-state index < -0.39 is 17.7 Å². The molecule has 0 aliphatic carbocycles. The summed E-state index contributed by atoms with van der Waals surface area (Å²) in [5.74, 6) is -0.577. The molecule has 3 rings (SSSR count). The normalized spacial score (nSPS) is 11.9. The SMILES string of the molecule is CC(C)(C)Nc1nc(Nc2c(F)cccc2Cl)cc(-c2cccc(OC(F)(F)F)c2)n1. The maximum absolute atomic E-state index is 14.2. The molecule has 5 nitrogen and oxygen atoms in total. The molecule has 0 spiro atoms. The molecule has 0 fully saturated rings. The van der Waals surface area contributed by atoms with Gasteiger partial charge in [0.25, 0.3) is 0 Å². The number of benzene rings is 2. The van der Waals surface area contributed by atoms with Crippen LogP contribution in [0.15, 0.2) is 48.5 Å². The molecule has 10 heteroatoms. The van der Waals surface area contributed by atoms with E-state index in [0.717, 1.165) is 0 Å². The zero-order chi connectivity index (χ0) is 22.8. The molecular formula is C21H19ClF4N4O. The highest BCUT2D eigenvalue weighted by Gasteiger charge is 2.31. The number of anilines is 3. The molecule has 0 aliphatic heterocycles. The van der Waals surface area contributed by atoms with Gasteiger partial charge in [-0.15, -0.1) is 13.2 Å². The molecule has 0 amide bonds. The highest BCUT2D eigenvalue weighted by atomic mass is 35.5. The van der Waals surface area contributed by atoms with Gasteiger partial charge >= 0.3 is 6.36 Å². The lowest BCUT2D eigenvalue weighted by Gasteiger charge is -2.21. The van der Waals surface area contributed by atoms with E-state index in [0.29, 0.717) is 11.3 Å². The van der Waals surface area contributed by atoms with E-state index >= 15 is 0 Å². The van der Waals surface area contributed by atoms with Gasteiger partial charge in [0, 0.05) is 17.2 Å². The van der Waals surface area contributed by atoms with Crippen LogP contribution in [0.2, 0.25) is 5.02 Å². The van der Waals surface area contributed by atoms with Crippen LogP contribution in [-0.4, -0.2) is 21.9 Å². The number of aromatic nitrogens is 2. The van der Waals surface area contributed by atoms with Gasteiger partial charge in [-0.3, -0.25) is 0 Å². The summed E-state index contributed by atoms with van der Waals surface area (Å²) in [6.45, 7) is 5.67. The predicted octanol–water partition coefficient (Wildman–Crippen LogP) is 6.79. The predicted molar refractivity (Wildman–Crippen MR) is 112 cm³/mol. The van der Waals surface area contributed by atoms with Gasteiger partial charge in [-0.05, 0) is 45.0 Å². The molecule has 0 unspecified atom stereocenters. The van der Waals surface area contributed by atoms with Gasteiger partial charge in [0.1, 0.15) is 17.4 Å². The molecule has 0 bridgehead atoms. The van der Waals surface area contributed by atoms with Crippen LogP contribution in [0.1, 0.15) is 20.8 Å². The Labute approximate surface area is 181 Å². The van der Waals surface area contributed by atoms with E-state index in [9.17, 15) is 17.6 Å². The largest absolute Gasteiger partial charge is 0.573 e. The van der Waals surface area contributed by atoms with Crippen molar-refractivity contribution in [2.45, 2.75) is 32.7 Å². The maximum atomic E-state index is 14.2. The van der Waals surface area contributed by atoms with Crippen LogP contribution in [-0.2, 0) is 0 Å². The number of hydrogen-bond acceptors (Lipinski definition) is 5. The smallest absolute Gasteiger partial charge is 0.406 e. The number of rotatable bonds is 5. The molecule has 1 aromatic heterocycles. The Hall–Kier alpha value is -3.07. The fourth-order valence-electron chi connectivity index (χ4n) is 2.65. The second kappa shape index (κ2) is 8.58. The average Bonchev–Trinajstić information content (AvgIpc) is 2.62. The summed E-state index contributed by atoms with van der Waals surface area (Å²) >= 11 is 6.08. The van der Waals surface area contributed by atoms with Crippen molar-refractivity contribution in [2.75, 3.05) is 10.6 Å². The number of halogens is 5. The first-order valence-electron chi connectivity index (χ1n) is 9.14. The molecule has 31 heavy (non-hydrogen) atoms. The van der Waals surface area contributed by atoms with Gasteiger partial charge in [-0.25, -0.2) is 9.37 Å². The first kappa shape index (κ1) is 22.6. The van der Waals surface area contributed by atoms with Gasteiger partial charge in [0.15, 0.2) is 0 Å². The van der Waals surface area contributed by atoms with E-state index in [1.165, 1.54) is 42.5 Å². The Kier molecular flexibility index (Phi) is 6.26. The second-order valence-electron chi connectivity index (χ2n) is 7.63. The summed E-state index contributed by atoms with van der Waals surface area (Å²) in [6, 6.07) is 11.1. The van der Waals surface area contributed by atoms with Crippen molar-refractivity contribution in [3.63, 3.8) is 0 Å². The molecule has 1 heterocycles. The Bertz CT molecular complexity index is 1060. The average molecular weight is 455 g/mol. The molecular weight excluding hydrogens is 436 g/mol. The molecule has 2 aromatic carbocycles. The molecule has 0 atom stereocenters. The minimum absolute atomic E-state index is 0.0182. The lowest BCUT2D eigenvalue weighted by atomic mass is 10.1. The molecule has 0 aliphatic rings. The van der Waals surface area contributed by atoms with Crippen LogP contribution in [0.5, 0.6) is 5.75 Å². The highest BCUT2D eigenvalue weighted by molar-refractivity contribution is 6.33. The number of para-hydroxylation sites is 1. The summed E-state index contributed by atoms with van der Waals surface area (Å²) in [6.07, 6.45) is -4.82. The summed E-state index contributed by atoms with van der Waals surface area (Å²) in [7, 11) is 0. The van der Waals surface area contributed by atoms with Crippen LogP contribution in [0.3, 0.4) is 0 Å². The van der Waals surface area contributed by atoms with Crippen molar-refractivity contribution in [3.8, 4) is 17.0 Å². The molecule has 3 aromatic rings. The fraction of sp³-hybridized carbons (Fsp3) is 0.238. The van der Waals surface area contributed by atoms with Crippen LogP contribution in [0.4, 0.5) is 35.0 Å². The minimum Gasteiger partial charge on any atom is -0.406 e. The lowest BCUT2D eigenvalue weighted by Crippen LogP contribution is -2.27. The highest BCUT2D eigenvalue weighted by Crippen LogP contribution is 2.32. The minimum atomic E-state index is -4.82. The third-order valence-electron chi connectivity index (χ3n) is 3.79. The number of alkyl halides is 3. The first-order chi connectivity index (χ1) is 14.4. The summed E-state index contributed by atoms with van der Waals surface area (Å²) in [4.78, 5) is 8.72. The van der Waals surface area contributed by atoms with E-state index in [4.69, 9.17) is 11.6 Å². The molecule has 0 radical (unpaired) electrons. The zero-order valence-corrected chi connectivity index (χ0v) is 17.6. The molecule has 0 saturated carbocycles. The third-order valence-corrected chi connectivity index (χ3v) is 4.11. The number of nitrogens with one attached hydrogen (secondary N) is 2. The van der Waals surface area contributed by atoms with Gasteiger partial charge < -0.3 is 15.4 Å². The Morgan fingerprint density at radius 1 is 0.968 bits per heavy atom. The topological polar surface area (TPSA) is 59.1 Å². The maximum Gasteiger partial charge on any atom is 0.573 e. The Morgan fingerprint density at radius 3 is 2.32 bits per heavy atom. The number of nitrogens with zero attached hydrogens (tertiary/aromatic N) is 2. The van der Waals surface area contributed by atoms with Crippen LogP contribution >= 0.6 is 11.6 Å². The number of hydrogen-bond donors (Lipinski definition) is 2. The van der Waals surface area contributed by atoms with Crippen molar-refractivity contribution in [2.24, 2.45) is 0 Å².